The minimum absolute atomic E-state index is 0.141. The van der Waals surface area contributed by atoms with E-state index in [0.29, 0.717) is 5.56 Å². The number of rotatable bonds is 1. The van der Waals surface area contributed by atoms with Crippen LogP contribution in [-0.2, 0) is 11.2 Å². The summed E-state index contributed by atoms with van der Waals surface area (Å²) < 4.78 is 0. The predicted molar refractivity (Wildman–Crippen MR) is 47.2 cm³/mol. The maximum atomic E-state index is 10.0. The number of para-hydroxylation sites is 1. The third-order valence-corrected chi connectivity index (χ3v) is 1.47. The van der Waals surface area contributed by atoms with Gasteiger partial charge in [-0.1, -0.05) is 24.1 Å². The first-order valence-corrected chi connectivity index (χ1v) is 3.69. The van der Waals surface area contributed by atoms with Crippen molar-refractivity contribution in [3.8, 4) is 17.6 Å². The second-order valence-electron chi connectivity index (χ2n) is 2.41. The van der Waals surface area contributed by atoms with E-state index in [-0.39, 0.29) is 12.2 Å². The zero-order valence-corrected chi connectivity index (χ0v) is 6.82. The Kier molecular flexibility index (Phi) is 2.93. The average molecular weight is 176 g/mol. The van der Waals surface area contributed by atoms with Crippen LogP contribution in [0, 0.1) is 11.8 Å². The van der Waals surface area contributed by atoms with E-state index in [9.17, 15) is 9.90 Å². The van der Waals surface area contributed by atoms with E-state index in [2.05, 4.69) is 5.92 Å². The molecule has 0 saturated heterocycles. The number of carboxylic acids is 1. The summed E-state index contributed by atoms with van der Waals surface area (Å²) in [7, 11) is 0. The molecule has 3 nitrogen and oxygen atoms in total. The summed E-state index contributed by atoms with van der Waals surface area (Å²) in [6.07, 6.45) is 0.249. The van der Waals surface area contributed by atoms with Crippen molar-refractivity contribution < 1.29 is 15.0 Å². The fourth-order valence-electron chi connectivity index (χ4n) is 0.875. The van der Waals surface area contributed by atoms with Crippen molar-refractivity contribution in [2.24, 2.45) is 0 Å². The molecule has 13 heavy (non-hydrogen) atoms. The molecule has 0 aromatic heterocycles. The van der Waals surface area contributed by atoms with Gasteiger partial charge in [0, 0.05) is 17.9 Å². The topological polar surface area (TPSA) is 57.5 Å². The number of hydrogen-bond acceptors (Lipinski definition) is 2. The van der Waals surface area contributed by atoms with Gasteiger partial charge in [-0.05, 0) is 6.07 Å². The quantitative estimate of drug-likeness (QED) is 0.628. The molecule has 3 heteroatoms. The largest absolute Gasteiger partial charge is 0.508 e. The molecule has 66 valence electrons. The van der Waals surface area contributed by atoms with Gasteiger partial charge in [0.1, 0.15) is 5.75 Å². The number of carbonyl (C=O) groups is 1. The zero-order valence-electron chi connectivity index (χ0n) is 6.82. The molecule has 0 bridgehead atoms. The molecule has 0 atom stereocenters. The lowest BCUT2D eigenvalue weighted by Crippen LogP contribution is -1.88. The number of phenolic OH excluding ortho intramolecular Hbond substituents is 1. The molecule has 0 aliphatic rings. The fraction of sp³-hybridized carbons (Fsp3) is 0.100. The van der Waals surface area contributed by atoms with Gasteiger partial charge < -0.3 is 10.2 Å². The Labute approximate surface area is 75.6 Å². The lowest BCUT2D eigenvalue weighted by molar-refractivity contribution is -0.130. The molecule has 1 rings (SSSR count). The molecule has 0 aliphatic carbocycles. The van der Waals surface area contributed by atoms with Crippen LogP contribution in [-0.4, -0.2) is 16.2 Å². The lowest BCUT2D eigenvalue weighted by atomic mass is 10.1. The standard InChI is InChI=1S/C10H8O3/c11-9-6-2-1-4-8(9)5-3-7-10(12)13/h1-2,4,6,11H,5H2,(H,12,13). The Morgan fingerprint density at radius 2 is 2.08 bits per heavy atom. The van der Waals surface area contributed by atoms with Gasteiger partial charge in [0.15, 0.2) is 0 Å². The summed E-state index contributed by atoms with van der Waals surface area (Å²) in [6.45, 7) is 0. The van der Waals surface area contributed by atoms with Gasteiger partial charge in [0.05, 0.1) is 0 Å². The molecular weight excluding hydrogens is 168 g/mol. The molecule has 0 heterocycles. The maximum absolute atomic E-state index is 10.0. The number of phenols is 1. The SMILES string of the molecule is O=C(O)C#CCc1ccccc1O. The normalized spacial score (nSPS) is 8.62. The molecule has 0 amide bonds. The molecule has 0 aliphatic heterocycles. The van der Waals surface area contributed by atoms with Gasteiger partial charge in [0.25, 0.3) is 0 Å². The molecular formula is C10H8O3. The molecule has 0 unspecified atom stereocenters. The molecule has 1 aromatic rings. The van der Waals surface area contributed by atoms with Crippen molar-refractivity contribution in [1.82, 2.24) is 0 Å². The Hall–Kier alpha value is -1.95. The summed E-state index contributed by atoms with van der Waals surface area (Å²) >= 11 is 0. The second kappa shape index (κ2) is 4.17. The molecule has 2 N–H and O–H groups in total. The van der Waals surface area contributed by atoms with Crippen LogP contribution in [0.2, 0.25) is 0 Å². The summed E-state index contributed by atoms with van der Waals surface area (Å²) in [5.74, 6) is 3.39. The van der Waals surface area contributed by atoms with Gasteiger partial charge in [-0.2, -0.15) is 0 Å². The second-order valence-corrected chi connectivity index (χ2v) is 2.41. The number of aliphatic carboxylic acids is 1. The highest BCUT2D eigenvalue weighted by atomic mass is 16.4. The Balaban J connectivity index is 2.72. The van der Waals surface area contributed by atoms with Crippen molar-refractivity contribution in [3.05, 3.63) is 29.8 Å². The monoisotopic (exact) mass is 176 g/mol. The zero-order chi connectivity index (χ0) is 9.68. The minimum atomic E-state index is -1.16. The third kappa shape index (κ3) is 2.88. The van der Waals surface area contributed by atoms with Gasteiger partial charge in [0.2, 0.25) is 0 Å². The Morgan fingerprint density at radius 1 is 1.38 bits per heavy atom. The van der Waals surface area contributed by atoms with Crippen LogP contribution in [0.3, 0.4) is 0 Å². The highest BCUT2D eigenvalue weighted by molar-refractivity contribution is 5.86. The maximum Gasteiger partial charge on any atom is 0.381 e. The minimum Gasteiger partial charge on any atom is -0.508 e. The smallest absolute Gasteiger partial charge is 0.381 e. The molecule has 0 saturated carbocycles. The van der Waals surface area contributed by atoms with Gasteiger partial charge in [-0.15, -0.1) is 0 Å². The van der Waals surface area contributed by atoms with Crippen LogP contribution >= 0.6 is 0 Å². The molecule has 0 spiro atoms. The first-order valence-electron chi connectivity index (χ1n) is 3.69. The summed E-state index contributed by atoms with van der Waals surface area (Å²) in [6, 6.07) is 6.70. The first-order chi connectivity index (χ1) is 6.20. The van der Waals surface area contributed by atoms with E-state index >= 15 is 0 Å². The van der Waals surface area contributed by atoms with E-state index in [1.54, 1.807) is 18.2 Å². The van der Waals surface area contributed by atoms with Crippen molar-refractivity contribution in [2.75, 3.05) is 0 Å². The van der Waals surface area contributed by atoms with Gasteiger partial charge in [-0.3, -0.25) is 0 Å². The van der Waals surface area contributed by atoms with Crippen LogP contribution in [0.1, 0.15) is 5.56 Å². The average Bonchev–Trinajstić information content (AvgIpc) is 2.08. The molecule has 0 fully saturated rings. The molecule has 1 aromatic carbocycles. The van der Waals surface area contributed by atoms with E-state index in [0.717, 1.165) is 0 Å². The van der Waals surface area contributed by atoms with Gasteiger partial charge in [-0.25, -0.2) is 4.79 Å². The van der Waals surface area contributed by atoms with Gasteiger partial charge >= 0.3 is 5.97 Å². The lowest BCUT2D eigenvalue weighted by Gasteiger charge is -1.97. The predicted octanol–water partition coefficient (Wildman–Crippen LogP) is 1.02. The van der Waals surface area contributed by atoms with Crippen molar-refractivity contribution in [3.63, 3.8) is 0 Å². The molecule has 0 radical (unpaired) electrons. The van der Waals surface area contributed by atoms with E-state index in [1.807, 2.05) is 5.92 Å². The Morgan fingerprint density at radius 3 is 2.69 bits per heavy atom. The summed E-state index contributed by atoms with van der Waals surface area (Å²) in [5, 5.41) is 17.5. The number of benzene rings is 1. The number of carboxylic acid groups (broad SMARTS) is 1. The van der Waals surface area contributed by atoms with E-state index in [1.165, 1.54) is 6.07 Å². The Bertz CT molecular complexity index is 371. The first kappa shape index (κ1) is 9.14. The van der Waals surface area contributed by atoms with Crippen LogP contribution in [0.25, 0.3) is 0 Å². The van der Waals surface area contributed by atoms with Crippen molar-refractivity contribution >= 4 is 5.97 Å². The van der Waals surface area contributed by atoms with Crippen molar-refractivity contribution in [2.45, 2.75) is 6.42 Å². The summed E-state index contributed by atoms with van der Waals surface area (Å²) in [5.41, 5.74) is 0.635. The summed E-state index contributed by atoms with van der Waals surface area (Å²) in [4.78, 5) is 10.0. The number of aromatic hydroxyl groups is 1. The van der Waals surface area contributed by atoms with E-state index < -0.39 is 5.97 Å². The highest BCUT2D eigenvalue weighted by Gasteiger charge is 1.95. The third-order valence-electron chi connectivity index (χ3n) is 1.47. The van der Waals surface area contributed by atoms with Crippen LogP contribution in [0.4, 0.5) is 0 Å². The van der Waals surface area contributed by atoms with Crippen LogP contribution < -0.4 is 0 Å². The number of hydrogen-bond donors (Lipinski definition) is 2. The van der Waals surface area contributed by atoms with Crippen LogP contribution in [0.15, 0.2) is 24.3 Å². The van der Waals surface area contributed by atoms with Crippen LogP contribution in [0.5, 0.6) is 5.75 Å². The highest BCUT2D eigenvalue weighted by Crippen LogP contribution is 2.15. The van der Waals surface area contributed by atoms with E-state index in [4.69, 9.17) is 5.11 Å². The fourth-order valence-corrected chi connectivity index (χ4v) is 0.875. The van der Waals surface area contributed by atoms with Crippen molar-refractivity contribution in [1.29, 1.82) is 0 Å².